The summed E-state index contributed by atoms with van der Waals surface area (Å²) in [4.78, 5) is 24.5. The van der Waals surface area contributed by atoms with Crippen LogP contribution in [0.3, 0.4) is 0 Å². The third kappa shape index (κ3) is 4.82. The number of carbonyl (C=O) groups excluding carboxylic acids is 2. The molecule has 0 unspecified atom stereocenters. The van der Waals surface area contributed by atoms with Crippen molar-refractivity contribution in [3.63, 3.8) is 0 Å². The van der Waals surface area contributed by atoms with Crippen LogP contribution >= 0.6 is 0 Å². The molecule has 148 valence electrons. The molecule has 6 nitrogen and oxygen atoms in total. The Morgan fingerprint density at radius 1 is 1.14 bits per heavy atom. The lowest BCUT2D eigenvalue weighted by molar-refractivity contribution is -0.135. The maximum absolute atomic E-state index is 12.6. The van der Waals surface area contributed by atoms with Crippen LogP contribution in [0, 0.1) is 31.1 Å². The SMILES string of the molecule is COc1cc(/C=C(\C#N)C(=O)Nc2c(C)cccc2C)ccc1OC(=O)C1CC1. The average Bonchev–Trinajstić information content (AvgIpc) is 3.55. The molecule has 1 aliphatic rings. The zero-order valence-corrected chi connectivity index (χ0v) is 16.6. The summed E-state index contributed by atoms with van der Waals surface area (Å²) in [6, 6.07) is 12.5. The number of anilines is 1. The van der Waals surface area contributed by atoms with Crippen molar-refractivity contribution in [2.24, 2.45) is 5.92 Å². The summed E-state index contributed by atoms with van der Waals surface area (Å²) >= 11 is 0. The van der Waals surface area contributed by atoms with Crippen LogP contribution in [0.25, 0.3) is 6.08 Å². The number of nitrogens with zero attached hydrogens (tertiary/aromatic N) is 1. The number of para-hydroxylation sites is 1. The third-order valence-electron chi connectivity index (χ3n) is 4.70. The van der Waals surface area contributed by atoms with Crippen molar-refractivity contribution in [1.82, 2.24) is 0 Å². The first-order chi connectivity index (χ1) is 13.9. The molecule has 0 heterocycles. The minimum atomic E-state index is -0.492. The number of benzene rings is 2. The molecule has 0 aliphatic heterocycles. The van der Waals surface area contributed by atoms with E-state index in [4.69, 9.17) is 9.47 Å². The van der Waals surface area contributed by atoms with Crippen LogP contribution in [0.15, 0.2) is 42.0 Å². The molecule has 0 aromatic heterocycles. The van der Waals surface area contributed by atoms with Gasteiger partial charge in [-0.3, -0.25) is 9.59 Å². The molecule has 3 rings (SSSR count). The van der Waals surface area contributed by atoms with Gasteiger partial charge in [0.25, 0.3) is 5.91 Å². The van der Waals surface area contributed by atoms with Gasteiger partial charge in [0.15, 0.2) is 11.5 Å². The summed E-state index contributed by atoms with van der Waals surface area (Å²) < 4.78 is 10.7. The first-order valence-electron chi connectivity index (χ1n) is 9.32. The molecule has 0 spiro atoms. The Labute approximate surface area is 169 Å². The Morgan fingerprint density at radius 3 is 2.41 bits per heavy atom. The van der Waals surface area contributed by atoms with Gasteiger partial charge in [-0.2, -0.15) is 5.26 Å². The van der Waals surface area contributed by atoms with E-state index in [2.05, 4.69) is 5.32 Å². The van der Waals surface area contributed by atoms with E-state index in [-0.39, 0.29) is 17.5 Å². The Morgan fingerprint density at radius 2 is 1.83 bits per heavy atom. The molecule has 0 saturated heterocycles. The van der Waals surface area contributed by atoms with E-state index in [1.54, 1.807) is 18.2 Å². The standard InChI is InChI=1S/C23H22N2O4/c1-14-5-4-6-15(2)21(14)25-22(26)18(13-24)11-16-7-10-19(20(12-16)28-3)29-23(27)17-8-9-17/h4-7,10-12,17H,8-9H2,1-3H3,(H,25,26)/b18-11+. The molecular weight excluding hydrogens is 368 g/mol. The first-order valence-corrected chi connectivity index (χ1v) is 9.32. The number of amides is 1. The topological polar surface area (TPSA) is 88.4 Å². The minimum Gasteiger partial charge on any atom is -0.493 e. The molecule has 1 amide bonds. The van der Waals surface area contributed by atoms with Crippen LogP contribution < -0.4 is 14.8 Å². The van der Waals surface area contributed by atoms with Crippen molar-refractivity contribution in [2.45, 2.75) is 26.7 Å². The highest BCUT2D eigenvalue weighted by atomic mass is 16.6. The van der Waals surface area contributed by atoms with Crippen molar-refractivity contribution in [1.29, 1.82) is 5.26 Å². The van der Waals surface area contributed by atoms with Gasteiger partial charge >= 0.3 is 5.97 Å². The summed E-state index contributed by atoms with van der Waals surface area (Å²) in [5.74, 6) is -0.108. The Bertz CT molecular complexity index is 1010. The van der Waals surface area contributed by atoms with Crippen molar-refractivity contribution in [3.05, 3.63) is 58.7 Å². The number of esters is 1. The predicted octanol–water partition coefficient (Wildman–Crippen LogP) is 4.17. The summed E-state index contributed by atoms with van der Waals surface area (Å²) in [5, 5.41) is 12.3. The lowest BCUT2D eigenvalue weighted by Crippen LogP contribution is -2.15. The molecule has 2 aromatic rings. The fraction of sp³-hybridized carbons (Fsp3) is 0.261. The number of ether oxygens (including phenoxy) is 2. The van der Waals surface area contributed by atoms with Gasteiger partial charge in [0.1, 0.15) is 11.6 Å². The van der Waals surface area contributed by atoms with Gasteiger partial charge in [0.2, 0.25) is 0 Å². The normalized spacial score (nSPS) is 13.4. The van der Waals surface area contributed by atoms with E-state index in [9.17, 15) is 14.9 Å². The molecule has 1 aliphatic carbocycles. The highest BCUT2D eigenvalue weighted by Crippen LogP contribution is 2.34. The Balaban J connectivity index is 1.81. The molecular formula is C23H22N2O4. The summed E-state index contributed by atoms with van der Waals surface area (Å²) in [6.45, 7) is 3.79. The van der Waals surface area contributed by atoms with Crippen LogP contribution in [0.4, 0.5) is 5.69 Å². The number of hydrogen-bond acceptors (Lipinski definition) is 5. The maximum atomic E-state index is 12.6. The highest BCUT2D eigenvalue weighted by molar-refractivity contribution is 6.10. The summed E-state index contributed by atoms with van der Waals surface area (Å²) in [7, 11) is 1.47. The van der Waals surface area contributed by atoms with Crippen LogP contribution in [-0.2, 0) is 9.59 Å². The van der Waals surface area contributed by atoms with Gasteiger partial charge in [0.05, 0.1) is 13.0 Å². The zero-order valence-electron chi connectivity index (χ0n) is 16.6. The third-order valence-corrected chi connectivity index (χ3v) is 4.70. The van der Waals surface area contributed by atoms with E-state index in [0.717, 1.165) is 24.0 Å². The van der Waals surface area contributed by atoms with E-state index in [1.165, 1.54) is 13.2 Å². The summed E-state index contributed by atoms with van der Waals surface area (Å²) in [5.41, 5.74) is 3.07. The molecule has 1 saturated carbocycles. The fourth-order valence-electron chi connectivity index (χ4n) is 2.88. The zero-order chi connectivity index (χ0) is 21.0. The second-order valence-electron chi connectivity index (χ2n) is 7.00. The predicted molar refractivity (Wildman–Crippen MR) is 109 cm³/mol. The maximum Gasteiger partial charge on any atom is 0.314 e. The molecule has 1 N–H and O–H groups in total. The highest BCUT2D eigenvalue weighted by Gasteiger charge is 2.32. The molecule has 6 heteroatoms. The van der Waals surface area contributed by atoms with E-state index in [0.29, 0.717) is 22.7 Å². The molecule has 0 atom stereocenters. The second-order valence-corrected chi connectivity index (χ2v) is 7.00. The van der Waals surface area contributed by atoms with Crippen LogP contribution in [0.1, 0.15) is 29.5 Å². The van der Waals surface area contributed by atoms with Crippen molar-refractivity contribution in [2.75, 3.05) is 12.4 Å². The van der Waals surface area contributed by atoms with Crippen molar-refractivity contribution >= 4 is 23.6 Å². The lowest BCUT2D eigenvalue weighted by atomic mass is 10.1. The number of methoxy groups -OCH3 is 1. The number of nitrogens with one attached hydrogen (secondary N) is 1. The summed E-state index contributed by atoms with van der Waals surface area (Å²) in [6.07, 6.45) is 3.17. The number of nitriles is 1. The van der Waals surface area contributed by atoms with Crippen molar-refractivity contribution < 1.29 is 19.1 Å². The smallest absolute Gasteiger partial charge is 0.314 e. The van der Waals surface area contributed by atoms with E-state index in [1.807, 2.05) is 38.1 Å². The van der Waals surface area contributed by atoms with E-state index < -0.39 is 5.91 Å². The Kier molecular flexibility index (Phi) is 5.99. The molecule has 2 aromatic carbocycles. The molecule has 0 radical (unpaired) electrons. The molecule has 1 fully saturated rings. The average molecular weight is 390 g/mol. The van der Waals surface area contributed by atoms with Gasteiger partial charge < -0.3 is 14.8 Å². The monoisotopic (exact) mass is 390 g/mol. The molecule has 29 heavy (non-hydrogen) atoms. The van der Waals surface area contributed by atoms with Crippen LogP contribution in [0.2, 0.25) is 0 Å². The van der Waals surface area contributed by atoms with Gasteiger partial charge in [-0.15, -0.1) is 0 Å². The van der Waals surface area contributed by atoms with Gasteiger partial charge in [0, 0.05) is 5.69 Å². The second kappa shape index (κ2) is 8.61. The van der Waals surface area contributed by atoms with Crippen molar-refractivity contribution in [3.8, 4) is 17.6 Å². The Hall–Kier alpha value is -3.59. The number of aryl methyl sites for hydroxylation is 2. The van der Waals surface area contributed by atoms with E-state index >= 15 is 0 Å². The van der Waals surface area contributed by atoms with Crippen LogP contribution in [-0.4, -0.2) is 19.0 Å². The number of hydrogen-bond donors (Lipinski definition) is 1. The fourth-order valence-corrected chi connectivity index (χ4v) is 2.88. The first kappa shape index (κ1) is 20.2. The van der Waals surface area contributed by atoms with Crippen LogP contribution in [0.5, 0.6) is 11.5 Å². The molecule has 0 bridgehead atoms. The van der Waals surface area contributed by atoms with Gasteiger partial charge in [-0.25, -0.2) is 0 Å². The largest absolute Gasteiger partial charge is 0.493 e. The van der Waals surface area contributed by atoms with Gasteiger partial charge in [-0.1, -0.05) is 24.3 Å². The van der Waals surface area contributed by atoms with Gasteiger partial charge in [-0.05, 0) is 61.6 Å². The number of rotatable bonds is 6. The quantitative estimate of drug-likeness (QED) is 0.346. The number of carbonyl (C=O) groups is 2. The minimum absolute atomic E-state index is 0.0296. The lowest BCUT2D eigenvalue weighted by Gasteiger charge is -2.11.